The fourth-order valence-electron chi connectivity index (χ4n) is 1.44. The van der Waals surface area contributed by atoms with Gasteiger partial charge in [-0.2, -0.15) is 0 Å². The molecule has 0 aliphatic carbocycles. The summed E-state index contributed by atoms with van der Waals surface area (Å²) in [7, 11) is 0. The van der Waals surface area contributed by atoms with Crippen molar-refractivity contribution in [3.63, 3.8) is 0 Å². The van der Waals surface area contributed by atoms with E-state index >= 15 is 0 Å². The highest BCUT2D eigenvalue weighted by Gasteiger charge is 2.36. The molecule has 1 aromatic rings. The summed E-state index contributed by atoms with van der Waals surface area (Å²) in [5.41, 5.74) is 4.18. The first kappa shape index (κ1) is 15.2. The van der Waals surface area contributed by atoms with E-state index in [-0.39, 0.29) is 22.5 Å². The van der Waals surface area contributed by atoms with Crippen molar-refractivity contribution in [2.75, 3.05) is 5.32 Å². The third-order valence-corrected chi connectivity index (χ3v) is 3.35. The fourth-order valence-corrected chi connectivity index (χ4v) is 1.59. The van der Waals surface area contributed by atoms with Crippen LogP contribution in [0.25, 0.3) is 0 Å². The van der Waals surface area contributed by atoms with Crippen LogP contribution in [0, 0.1) is 5.92 Å². The molecule has 1 heterocycles. The molecule has 104 valence electrons. The summed E-state index contributed by atoms with van der Waals surface area (Å²) in [5.74, 6) is -1.90. The van der Waals surface area contributed by atoms with Crippen molar-refractivity contribution >= 4 is 29.3 Å². The average Bonchev–Trinajstić information content (AvgIpc) is 2.27. The summed E-state index contributed by atoms with van der Waals surface area (Å²) in [6.45, 7) is 5.18. The Morgan fingerprint density at radius 1 is 1.47 bits per heavy atom. The van der Waals surface area contributed by atoms with Crippen LogP contribution in [0.1, 0.15) is 31.1 Å². The molecule has 19 heavy (non-hydrogen) atoms. The number of hydrogen-bond acceptors (Lipinski definition) is 4. The standard InChI is InChI=1S/C12H16ClN3O3/c1-6(2)12(3,11(14)19)16-9-7(10(17)18)4-5-8(13)15-9/h4-6H,1-3H3,(H2,14,19)(H,15,16)(H,17,18). The molecule has 0 radical (unpaired) electrons. The lowest BCUT2D eigenvalue weighted by molar-refractivity contribution is -0.123. The number of hydrogen-bond donors (Lipinski definition) is 3. The van der Waals surface area contributed by atoms with Crippen LogP contribution >= 0.6 is 11.6 Å². The predicted molar refractivity (Wildman–Crippen MR) is 72.3 cm³/mol. The highest BCUT2D eigenvalue weighted by atomic mass is 35.5. The van der Waals surface area contributed by atoms with Gasteiger partial charge < -0.3 is 16.2 Å². The number of carboxylic acid groups (broad SMARTS) is 1. The number of nitrogens with two attached hydrogens (primary N) is 1. The van der Waals surface area contributed by atoms with Crippen LogP contribution in [0.5, 0.6) is 0 Å². The topological polar surface area (TPSA) is 105 Å². The Kier molecular flexibility index (Phi) is 4.36. The van der Waals surface area contributed by atoms with Crippen LogP contribution in [0.15, 0.2) is 12.1 Å². The maximum absolute atomic E-state index is 11.6. The van der Waals surface area contributed by atoms with Gasteiger partial charge in [0.1, 0.15) is 22.1 Å². The van der Waals surface area contributed by atoms with Gasteiger partial charge in [0.15, 0.2) is 0 Å². The summed E-state index contributed by atoms with van der Waals surface area (Å²) < 4.78 is 0. The Morgan fingerprint density at radius 2 is 2.05 bits per heavy atom. The minimum atomic E-state index is -1.16. The normalized spacial score (nSPS) is 13.9. The van der Waals surface area contributed by atoms with Gasteiger partial charge in [0.05, 0.1) is 0 Å². The molecule has 1 aromatic heterocycles. The molecule has 1 atom stereocenters. The number of aromatic nitrogens is 1. The molecule has 0 fully saturated rings. The highest BCUT2D eigenvalue weighted by molar-refractivity contribution is 6.29. The number of pyridine rings is 1. The van der Waals surface area contributed by atoms with Crippen molar-refractivity contribution in [3.8, 4) is 0 Å². The number of aromatic carboxylic acids is 1. The summed E-state index contributed by atoms with van der Waals surface area (Å²) in [6, 6.07) is 2.69. The summed E-state index contributed by atoms with van der Waals surface area (Å²) in [4.78, 5) is 26.6. The second kappa shape index (κ2) is 5.44. The van der Waals surface area contributed by atoms with Gasteiger partial charge in [-0.25, -0.2) is 9.78 Å². The Morgan fingerprint density at radius 3 is 2.47 bits per heavy atom. The molecule has 0 bridgehead atoms. The number of carbonyl (C=O) groups is 2. The quantitative estimate of drug-likeness (QED) is 0.715. The fraction of sp³-hybridized carbons (Fsp3) is 0.417. The first-order valence-corrected chi connectivity index (χ1v) is 6.04. The van der Waals surface area contributed by atoms with E-state index in [2.05, 4.69) is 10.3 Å². The molecule has 1 rings (SSSR count). The zero-order chi connectivity index (χ0) is 14.8. The van der Waals surface area contributed by atoms with Crippen molar-refractivity contribution in [1.29, 1.82) is 0 Å². The van der Waals surface area contributed by atoms with Gasteiger partial charge in [0, 0.05) is 0 Å². The van der Waals surface area contributed by atoms with Crippen molar-refractivity contribution < 1.29 is 14.7 Å². The van der Waals surface area contributed by atoms with E-state index in [0.717, 1.165) is 0 Å². The molecule has 6 nitrogen and oxygen atoms in total. The van der Waals surface area contributed by atoms with Crippen molar-refractivity contribution in [1.82, 2.24) is 4.98 Å². The van der Waals surface area contributed by atoms with Crippen molar-refractivity contribution in [3.05, 3.63) is 22.8 Å². The maximum atomic E-state index is 11.6. The zero-order valence-electron chi connectivity index (χ0n) is 10.9. The monoisotopic (exact) mass is 285 g/mol. The van der Waals surface area contributed by atoms with Crippen LogP contribution in [-0.2, 0) is 4.79 Å². The molecule has 0 spiro atoms. The molecule has 0 aliphatic heterocycles. The van der Waals surface area contributed by atoms with Crippen molar-refractivity contribution in [2.45, 2.75) is 26.3 Å². The largest absolute Gasteiger partial charge is 0.478 e. The van der Waals surface area contributed by atoms with Gasteiger partial charge in [0.2, 0.25) is 5.91 Å². The number of anilines is 1. The molecule has 4 N–H and O–H groups in total. The number of amides is 1. The number of nitrogens with zero attached hydrogens (tertiary/aromatic N) is 1. The molecular weight excluding hydrogens is 270 g/mol. The zero-order valence-corrected chi connectivity index (χ0v) is 11.7. The summed E-state index contributed by atoms with van der Waals surface area (Å²) in [5, 5.41) is 12.0. The second-order valence-electron chi connectivity index (χ2n) is 4.68. The second-order valence-corrected chi connectivity index (χ2v) is 5.07. The Labute approximate surface area is 116 Å². The Balaban J connectivity index is 3.27. The highest BCUT2D eigenvalue weighted by Crippen LogP contribution is 2.25. The van der Waals surface area contributed by atoms with Crippen LogP contribution in [0.4, 0.5) is 5.82 Å². The third-order valence-electron chi connectivity index (χ3n) is 3.14. The maximum Gasteiger partial charge on any atom is 0.339 e. The smallest absolute Gasteiger partial charge is 0.339 e. The van der Waals surface area contributed by atoms with Crippen LogP contribution in [0.3, 0.4) is 0 Å². The van der Waals surface area contributed by atoms with E-state index in [9.17, 15) is 9.59 Å². The number of carbonyl (C=O) groups excluding carboxylic acids is 1. The number of halogens is 1. The lowest BCUT2D eigenvalue weighted by atomic mass is 9.87. The van der Waals surface area contributed by atoms with E-state index < -0.39 is 17.4 Å². The molecule has 0 saturated heterocycles. The minimum Gasteiger partial charge on any atom is -0.478 e. The van der Waals surface area contributed by atoms with Gasteiger partial charge in [-0.3, -0.25) is 4.79 Å². The first-order chi connectivity index (χ1) is 8.68. The van der Waals surface area contributed by atoms with Gasteiger partial charge in [0.25, 0.3) is 0 Å². The van der Waals surface area contributed by atoms with Crippen molar-refractivity contribution in [2.24, 2.45) is 11.7 Å². The summed E-state index contributed by atoms with van der Waals surface area (Å²) >= 11 is 5.75. The molecule has 7 heteroatoms. The molecule has 0 saturated carbocycles. The van der Waals surface area contributed by atoms with Gasteiger partial charge in [-0.1, -0.05) is 25.4 Å². The number of rotatable bonds is 5. The lowest BCUT2D eigenvalue weighted by Crippen LogP contribution is -2.52. The Hall–Kier alpha value is -1.82. The van der Waals surface area contributed by atoms with E-state index in [0.29, 0.717) is 0 Å². The molecule has 1 amide bonds. The van der Waals surface area contributed by atoms with E-state index in [1.807, 2.05) is 0 Å². The predicted octanol–water partition coefficient (Wildman–Crippen LogP) is 1.75. The van der Waals surface area contributed by atoms with Gasteiger partial charge in [-0.05, 0) is 25.0 Å². The Bertz CT molecular complexity index is 519. The third kappa shape index (κ3) is 3.14. The summed E-state index contributed by atoms with van der Waals surface area (Å²) in [6.07, 6.45) is 0. The minimum absolute atomic E-state index is 0.0231. The van der Waals surface area contributed by atoms with E-state index in [1.54, 1.807) is 20.8 Å². The van der Waals surface area contributed by atoms with Gasteiger partial charge >= 0.3 is 5.97 Å². The van der Waals surface area contributed by atoms with Crippen LogP contribution in [-0.4, -0.2) is 27.5 Å². The molecular formula is C12H16ClN3O3. The van der Waals surface area contributed by atoms with E-state index in [1.165, 1.54) is 12.1 Å². The SMILES string of the molecule is CC(C)C(C)(Nc1nc(Cl)ccc1C(=O)O)C(N)=O. The van der Waals surface area contributed by atoms with Crippen LogP contribution < -0.4 is 11.1 Å². The van der Waals surface area contributed by atoms with Crippen LogP contribution in [0.2, 0.25) is 5.15 Å². The first-order valence-electron chi connectivity index (χ1n) is 5.66. The molecule has 0 aromatic carbocycles. The van der Waals surface area contributed by atoms with E-state index in [4.69, 9.17) is 22.4 Å². The molecule has 0 aliphatic rings. The number of nitrogens with one attached hydrogen (secondary N) is 1. The molecule has 1 unspecified atom stereocenters. The van der Waals surface area contributed by atoms with Gasteiger partial charge in [-0.15, -0.1) is 0 Å². The lowest BCUT2D eigenvalue weighted by Gasteiger charge is -2.32. The average molecular weight is 286 g/mol. The number of carboxylic acids is 1. The number of primary amides is 1.